The van der Waals surface area contributed by atoms with Crippen molar-refractivity contribution in [2.75, 3.05) is 13.2 Å². The van der Waals surface area contributed by atoms with E-state index in [0.717, 1.165) is 39.0 Å². The van der Waals surface area contributed by atoms with Gasteiger partial charge in [0.1, 0.15) is 0 Å². The van der Waals surface area contributed by atoms with Gasteiger partial charge in [-0.25, -0.2) is 0 Å². The van der Waals surface area contributed by atoms with Crippen molar-refractivity contribution in [3.63, 3.8) is 0 Å². The van der Waals surface area contributed by atoms with Crippen LogP contribution in [0.3, 0.4) is 0 Å². The summed E-state index contributed by atoms with van der Waals surface area (Å²) in [7, 11) is 0. The van der Waals surface area contributed by atoms with Gasteiger partial charge in [0.05, 0.1) is 11.3 Å². The lowest BCUT2D eigenvalue weighted by Gasteiger charge is -2.46. The molecule has 5 nitrogen and oxygen atoms in total. The summed E-state index contributed by atoms with van der Waals surface area (Å²) in [5.41, 5.74) is 2.84. The van der Waals surface area contributed by atoms with Gasteiger partial charge in [-0.15, -0.1) is 0 Å². The molecule has 2 aliphatic heterocycles. The van der Waals surface area contributed by atoms with Crippen molar-refractivity contribution in [2.24, 2.45) is 0 Å². The number of pyridine rings is 1. The van der Waals surface area contributed by atoms with Crippen LogP contribution in [-0.2, 0) is 16.7 Å². The third-order valence-corrected chi connectivity index (χ3v) is 7.34. The molecule has 1 aliphatic carbocycles. The summed E-state index contributed by atoms with van der Waals surface area (Å²) in [5.74, 6) is 0. The lowest BCUT2D eigenvalue weighted by atomic mass is 9.68. The Morgan fingerprint density at radius 2 is 2.04 bits per heavy atom. The van der Waals surface area contributed by atoms with Crippen molar-refractivity contribution in [2.45, 2.75) is 81.4 Å². The van der Waals surface area contributed by atoms with Gasteiger partial charge in [-0.05, 0) is 69.7 Å². The van der Waals surface area contributed by atoms with Gasteiger partial charge in [-0.3, -0.25) is 9.67 Å². The average Bonchev–Trinajstić information content (AvgIpc) is 3.39. The van der Waals surface area contributed by atoms with Gasteiger partial charge in [0.2, 0.25) is 0 Å². The molecule has 1 unspecified atom stereocenters. The number of rotatable bonds is 5. The zero-order chi connectivity index (χ0) is 18.9. The van der Waals surface area contributed by atoms with Crippen LogP contribution >= 0.6 is 0 Å². The first kappa shape index (κ1) is 18.3. The molecule has 2 aromatic heterocycles. The number of ether oxygens (including phenoxy) is 1. The summed E-state index contributed by atoms with van der Waals surface area (Å²) in [5, 5.41) is 8.32. The van der Waals surface area contributed by atoms with E-state index in [1.807, 2.05) is 18.5 Å². The molecule has 1 saturated heterocycles. The average molecular weight is 381 g/mol. The van der Waals surface area contributed by atoms with E-state index >= 15 is 0 Å². The molecule has 1 spiro atoms. The largest absolute Gasteiger partial charge is 0.375 e. The molecule has 1 saturated carbocycles. The molecule has 3 aliphatic rings. The molecule has 4 heterocycles. The van der Waals surface area contributed by atoms with E-state index in [1.165, 1.54) is 49.9 Å². The minimum Gasteiger partial charge on any atom is -0.375 e. The Labute approximate surface area is 167 Å². The van der Waals surface area contributed by atoms with Gasteiger partial charge in [0.15, 0.2) is 0 Å². The smallest absolute Gasteiger partial charge is 0.0691 e. The molecular formula is C23H32N4O. The second-order valence-electron chi connectivity index (χ2n) is 9.04. The van der Waals surface area contributed by atoms with Crippen LogP contribution < -0.4 is 5.32 Å². The van der Waals surface area contributed by atoms with E-state index in [-0.39, 0.29) is 11.0 Å². The van der Waals surface area contributed by atoms with E-state index in [1.54, 1.807) is 0 Å². The molecule has 5 heteroatoms. The van der Waals surface area contributed by atoms with Gasteiger partial charge in [-0.1, -0.05) is 18.9 Å². The Morgan fingerprint density at radius 1 is 1.11 bits per heavy atom. The van der Waals surface area contributed by atoms with Gasteiger partial charge in [-0.2, -0.15) is 5.10 Å². The van der Waals surface area contributed by atoms with Crippen molar-refractivity contribution in [3.05, 3.63) is 48.0 Å². The highest BCUT2D eigenvalue weighted by atomic mass is 16.5. The molecule has 2 atom stereocenters. The molecule has 2 fully saturated rings. The predicted octanol–water partition coefficient (Wildman–Crippen LogP) is 4.15. The molecule has 150 valence electrons. The van der Waals surface area contributed by atoms with Crippen LogP contribution in [0.1, 0.15) is 75.2 Å². The quantitative estimate of drug-likeness (QED) is 0.846. The fourth-order valence-corrected chi connectivity index (χ4v) is 5.91. The van der Waals surface area contributed by atoms with E-state index < -0.39 is 0 Å². The number of nitrogens with zero attached hydrogens (tertiary/aromatic N) is 3. The van der Waals surface area contributed by atoms with Crippen LogP contribution in [0.4, 0.5) is 0 Å². The summed E-state index contributed by atoms with van der Waals surface area (Å²) in [4.78, 5) is 4.82. The van der Waals surface area contributed by atoms with Crippen LogP contribution in [0.2, 0.25) is 0 Å². The first-order valence-corrected chi connectivity index (χ1v) is 11.1. The maximum absolute atomic E-state index is 6.38. The van der Waals surface area contributed by atoms with Crippen molar-refractivity contribution < 1.29 is 4.74 Å². The summed E-state index contributed by atoms with van der Waals surface area (Å²) >= 11 is 0. The van der Waals surface area contributed by atoms with Gasteiger partial charge in [0.25, 0.3) is 0 Å². The third-order valence-electron chi connectivity index (χ3n) is 7.34. The third kappa shape index (κ3) is 3.39. The highest BCUT2D eigenvalue weighted by molar-refractivity contribution is 5.21. The summed E-state index contributed by atoms with van der Waals surface area (Å²) < 4.78 is 8.54. The number of nitrogens with one attached hydrogen (secondary N) is 1. The minimum atomic E-state index is 0.0965. The SMILES string of the molecule is c1ccc([C@]2(CCNC3CCCn4nccc43)CCOC3(CCCC3)C2)nc1. The number of hydrogen-bond acceptors (Lipinski definition) is 4. The molecule has 5 rings (SSSR count). The number of hydrogen-bond donors (Lipinski definition) is 1. The molecule has 0 radical (unpaired) electrons. The van der Waals surface area contributed by atoms with Crippen LogP contribution in [0, 0.1) is 0 Å². The lowest BCUT2D eigenvalue weighted by molar-refractivity contribution is -0.104. The Morgan fingerprint density at radius 3 is 2.89 bits per heavy atom. The highest BCUT2D eigenvalue weighted by Crippen LogP contribution is 2.49. The number of aryl methyl sites for hydroxylation is 1. The van der Waals surface area contributed by atoms with Crippen LogP contribution in [0.15, 0.2) is 36.7 Å². The van der Waals surface area contributed by atoms with Crippen LogP contribution in [0.5, 0.6) is 0 Å². The van der Waals surface area contributed by atoms with Gasteiger partial charge in [0, 0.05) is 42.7 Å². The second kappa shape index (κ2) is 7.60. The zero-order valence-corrected chi connectivity index (χ0v) is 16.8. The number of aromatic nitrogens is 3. The van der Waals surface area contributed by atoms with E-state index in [9.17, 15) is 0 Å². The molecule has 0 bridgehead atoms. The van der Waals surface area contributed by atoms with Crippen LogP contribution in [-0.4, -0.2) is 33.5 Å². The van der Waals surface area contributed by atoms with Crippen molar-refractivity contribution in [3.8, 4) is 0 Å². The summed E-state index contributed by atoms with van der Waals surface area (Å²) in [6, 6.07) is 9.02. The molecule has 0 amide bonds. The first-order valence-electron chi connectivity index (χ1n) is 11.1. The van der Waals surface area contributed by atoms with E-state index in [0.29, 0.717) is 6.04 Å². The Hall–Kier alpha value is -1.72. The monoisotopic (exact) mass is 380 g/mol. The second-order valence-corrected chi connectivity index (χ2v) is 9.04. The summed E-state index contributed by atoms with van der Waals surface area (Å²) in [6.45, 7) is 2.94. The van der Waals surface area contributed by atoms with Gasteiger partial charge >= 0.3 is 0 Å². The molecule has 1 N–H and O–H groups in total. The fraction of sp³-hybridized carbons (Fsp3) is 0.652. The Bertz CT molecular complexity index is 783. The lowest BCUT2D eigenvalue weighted by Crippen LogP contribution is -2.47. The molecule has 28 heavy (non-hydrogen) atoms. The molecule has 0 aromatic carbocycles. The maximum atomic E-state index is 6.38. The molecule has 2 aromatic rings. The van der Waals surface area contributed by atoms with Gasteiger partial charge < -0.3 is 10.1 Å². The normalized spacial score (nSPS) is 29.1. The fourth-order valence-electron chi connectivity index (χ4n) is 5.91. The highest BCUT2D eigenvalue weighted by Gasteiger charge is 2.48. The first-order chi connectivity index (χ1) is 13.8. The summed E-state index contributed by atoms with van der Waals surface area (Å²) in [6.07, 6.45) is 14.7. The minimum absolute atomic E-state index is 0.0965. The predicted molar refractivity (Wildman–Crippen MR) is 109 cm³/mol. The van der Waals surface area contributed by atoms with Crippen molar-refractivity contribution in [1.29, 1.82) is 0 Å². The number of fused-ring (bicyclic) bond motifs is 1. The zero-order valence-electron chi connectivity index (χ0n) is 16.8. The van der Waals surface area contributed by atoms with Crippen molar-refractivity contribution >= 4 is 0 Å². The van der Waals surface area contributed by atoms with E-state index in [4.69, 9.17) is 9.72 Å². The van der Waals surface area contributed by atoms with Crippen molar-refractivity contribution in [1.82, 2.24) is 20.1 Å². The maximum Gasteiger partial charge on any atom is 0.0691 e. The topological polar surface area (TPSA) is 52.0 Å². The van der Waals surface area contributed by atoms with E-state index in [2.05, 4.69) is 33.3 Å². The van der Waals surface area contributed by atoms with Crippen LogP contribution in [0.25, 0.3) is 0 Å². The Kier molecular flexibility index (Phi) is 4.97. The standard InChI is InChI=1S/C23H32N4O/c1-4-13-25-21(7-1)22(12-17-28-23(18-22)9-2-3-10-23)11-15-24-19-6-5-16-27-20(19)8-14-26-27/h1,4,7-8,13-14,19,24H,2-3,5-6,9-12,15-18H2/t19?,22-/m1/s1. The Balaban J connectivity index is 1.33. The molecular weight excluding hydrogens is 348 g/mol.